The topological polar surface area (TPSA) is 74.8 Å². The van der Waals surface area contributed by atoms with Gasteiger partial charge in [0, 0.05) is 25.7 Å². The summed E-state index contributed by atoms with van der Waals surface area (Å²) in [5, 5.41) is 9.35. The van der Waals surface area contributed by atoms with Crippen LogP contribution < -0.4 is 20.7 Å². The number of nitrogens with one attached hydrogen (secondary N) is 3. The van der Waals surface area contributed by atoms with Crippen LogP contribution in [0.5, 0.6) is 5.75 Å². The number of rotatable bonds is 7. The van der Waals surface area contributed by atoms with Crippen molar-refractivity contribution in [3.63, 3.8) is 0 Å². The minimum absolute atomic E-state index is 0.0809. The average Bonchev–Trinajstić information content (AvgIpc) is 2.57. The maximum atomic E-state index is 11.3. The van der Waals surface area contributed by atoms with E-state index in [0.29, 0.717) is 19.6 Å². The molecule has 1 amide bonds. The second-order valence-electron chi connectivity index (χ2n) is 5.49. The maximum absolute atomic E-state index is 11.3. The Labute approximate surface area is 137 Å². The molecular weight excluding hydrogens is 292 g/mol. The standard InChI is InChI=1S/C17H26N4O2/c1-3-4-9-19-17(18-2)20-10-11-23-14-6-7-15-13(12-14)5-8-16(22)21-15/h6-7,12H,3-5,8-11H2,1-2H3,(H,21,22)(H2,18,19,20). The van der Waals surface area contributed by atoms with Crippen molar-refractivity contribution in [1.29, 1.82) is 0 Å². The number of hydrogen-bond donors (Lipinski definition) is 3. The molecule has 0 aliphatic carbocycles. The number of aliphatic imine (C=N–C) groups is 1. The highest BCUT2D eigenvalue weighted by Gasteiger charge is 2.14. The number of guanidine groups is 1. The van der Waals surface area contributed by atoms with E-state index < -0.39 is 0 Å². The van der Waals surface area contributed by atoms with Crippen molar-refractivity contribution >= 4 is 17.6 Å². The molecule has 0 atom stereocenters. The summed E-state index contributed by atoms with van der Waals surface area (Å²) < 4.78 is 5.76. The van der Waals surface area contributed by atoms with E-state index >= 15 is 0 Å². The smallest absolute Gasteiger partial charge is 0.224 e. The first-order chi connectivity index (χ1) is 11.2. The molecule has 0 aromatic heterocycles. The Kier molecular flexibility index (Phi) is 6.72. The third-order valence-corrected chi connectivity index (χ3v) is 3.68. The highest BCUT2D eigenvalue weighted by molar-refractivity contribution is 5.94. The zero-order chi connectivity index (χ0) is 16.5. The normalized spacial score (nSPS) is 14.0. The lowest BCUT2D eigenvalue weighted by molar-refractivity contribution is -0.116. The lowest BCUT2D eigenvalue weighted by atomic mass is 10.0. The van der Waals surface area contributed by atoms with Crippen LogP contribution in [-0.4, -0.2) is 38.6 Å². The third-order valence-electron chi connectivity index (χ3n) is 3.68. The molecule has 1 aliphatic rings. The Morgan fingerprint density at radius 2 is 2.13 bits per heavy atom. The Hall–Kier alpha value is -2.24. The second kappa shape index (κ2) is 9.02. The van der Waals surface area contributed by atoms with Gasteiger partial charge in [-0.2, -0.15) is 0 Å². The van der Waals surface area contributed by atoms with E-state index in [0.717, 1.165) is 48.8 Å². The molecule has 1 heterocycles. The molecule has 126 valence electrons. The first kappa shape index (κ1) is 17.1. The van der Waals surface area contributed by atoms with Crippen LogP contribution in [0.1, 0.15) is 31.7 Å². The number of aryl methyl sites for hydroxylation is 1. The van der Waals surface area contributed by atoms with Crippen LogP contribution in [0, 0.1) is 0 Å². The van der Waals surface area contributed by atoms with Gasteiger partial charge in [-0.15, -0.1) is 0 Å². The highest BCUT2D eigenvalue weighted by Crippen LogP contribution is 2.26. The Bertz CT molecular complexity index is 558. The number of carbonyl (C=O) groups is 1. The van der Waals surface area contributed by atoms with Crippen molar-refractivity contribution < 1.29 is 9.53 Å². The van der Waals surface area contributed by atoms with Gasteiger partial charge in [-0.05, 0) is 36.6 Å². The van der Waals surface area contributed by atoms with Crippen molar-refractivity contribution in [2.75, 3.05) is 32.1 Å². The lowest BCUT2D eigenvalue weighted by Crippen LogP contribution is -2.39. The fourth-order valence-electron chi connectivity index (χ4n) is 2.39. The van der Waals surface area contributed by atoms with E-state index in [1.54, 1.807) is 7.05 Å². The Morgan fingerprint density at radius 1 is 1.30 bits per heavy atom. The zero-order valence-electron chi connectivity index (χ0n) is 13.9. The van der Waals surface area contributed by atoms with Crippen LogP contribution in [0.15, 0.2) is 23.2 Å². The number of fused-ring (bicyclic) bond motifs is 1. The molecule has 0 radical (unpaired) electrons. The molecule has 23 heavy (non-hydrogen) atoms. The fraction of sp³-hybridized carbons (Fsp3) is 0.529. The minimum Gasteiger partial charge on any atom is -0.492 e. The number of unbranched alkanes of at least 4 members (excludes halogenated alkanes) is 1. The fourth-order valence-corrected chi connectivity index (χ4v) is 2.39. The number of carbonyl (C=O) groups excluding carboxylic acids is 1. The van der Waals surface area contributed by atoms with Gasteiger partial charge in [0.25, 0.3) is 0 Å². The summed E-state index contributed by atoms with van der Waals surface area (Å²) in [5.74, 6) is 1.71. The summed E-state index contributed by atoms with van der Waals surface area (Å²) in [6.45, 7) is 4.32. The number of anilines is 1. The van der Waals surface area contributed by atoms with Gasteiger partial charge in [0.1, 0.15) is 12.4 Å². The highest BCUT2D eigenvalue weighted by atomic mass is 16.5. The summed E-state index contributed by atoms with van der Waals surface area (Å²) in [6, 6.07) is 5.79. The van der Waals surface area contributed by atoms with E-state index in [2.05, 4.69) is 27.9 Å². The van der Waals surface area contributed by atoms with Crippen LogP contribution in [0.4, 0.5) is 5.69 Å². The van der Waals surface area contributed by atoms with Crippen molar-refractivity contribution in [3.8, 4) is 5.75 Å². The Balaban J connectivity index is 1.73. The van der Waals surface area contributed by atoms with Crippen LogP contribution >= 0.6 is 0 Å². The van der Waals surface area contributed by atoms with Gasteiger partial charge >= 0.3 is 0 Å². The van der Waals surface area contributed by atoms with E-state index in [1.807, 2.05) is 18.2 Å². The van der Waals surface area contributed by atoms with Crippen LogP contribution in [0.25, 0.3) is 0 Å². The largest absolute Gasteiger partial charge is 0.492 e. The van der Waals surface area contributed by atoms with Crippen LogP contribution in [0.3, 0.4) is 0 Å². The molecule has 0 saturated heterocycles. The molecule has 0 fully saturated rings. The van der Waals surface area contributed by atoms with Crippen molar-refractivity contribution in [3.05, 3.63) is 23.8 Å². The molecular formula is C17H26N4O2. The maximum Gasteiger partial charge on any atom is 0.224 e. The quantitative estimate of drug-likeness (QED) is 0.408. The Morgan fingerprint density at radius 3 is 2.91 bits per heavy atom. The van der Waals surface area contributed by atoms with E-state index in [1.165, 1.54) is 0 Å². The summed E-state index contributed by atoms with van der Waals surface area (Å²) in [7, 11) is 1.76. The van der Waals surface area contributed by atoms with Gasteiger partial charge in [0.05, 0.1) is 6.54 Å². The predicted octanol–water partition coefficient (Wildman–Crippen LogP) is 1.92. The van der Waals surface area contributed by atoms with E-state index in [9.17, 15) is 4.79 Å². The summed E-state index contributed by atoms with van der Waals surface area (Å²) in [4.78, 5) is 15.5. The summed E-state index contributed by atoms with van der Waals surface area (Å²) >= 11 is 0. The average molecular weight is 318 g/mol. The molecule has 6 heteroatoms. The van der Waals surface area contributed by atoms with Gasteiger partial charge < -0.3 is 20.7 Å². The predicted molar refractivity (Wildman–Crippen MR) is 93.2 cm³/mol. The molecule has 3 N–H and O–H groups in total. The summed E-state index contributed by atoms with van der Waals surface area (Å²) in [6.07, 6.45) is 3.59. The van der Waals surface area contributed by atoms with Gasteiger partial charge in [-0.25, -0.2) is 0 Å². The van der Waals surface area contributed by atoms with Gasteiger partial charge in [-0.1, -0.05) is 13.3 Å². The van der Waals surface area contributed by atoms with E-state index in [-0.39, 0.29) is 5.91 Å². The van der Waals surface area contributed by atoms with Crippen LogP contribution in [-0.2, 0) is 11.2 Å². The van der Waals surface area contributed by atoms with Crippen LogP contribution in [0.2, 0.25) is 0 Å². The minimum atomic E-state index is 0.0809. The van der Waals surface area contributed by atoms with Gasteiger partial charge in [0.15, 0.2) is 5.96 Å². The number of ether oxygens (including phenoxy) is 1. The number of benzene rings is 1. The van der Waals surface area contributed by atoms with Crippen molar-refractivity contribution in [2.24, 2.45) is 4.99 Å². The first-order valence-corrected chi connectivity index (χ1v) is 8.23. The molecule has 0 unspecified atom stereocenters. The SMILES string of the molecule is CCCCNC(=NC)NCCOc1ccc2c(c1)CCC(=O)N2. The zero-order valence-corrected chi connectivity index (χ0v) is 13.9. The first-order valence-electron chi connectivity index (χ1n) is 8.23. The summed E-state index contributed by atoms with van der Waals surface area (Å²) in [5.41, 5.74) is 2.03. The number of amides is 1. The lowest BCUT2D eigenvalue weighted by Gasteiger charge is -2.18. The monoisotopic (exact) mass is 318 g/mol. The molecule has 1 aliphatic heterocycles. The molecule has 6 nitrogen and oxygen atoms in total. The number of hydrogen-bond acceptors (Lipinski definition) is 3. The molecule has 1 aromatic rings. The second-order valence-corrected chi connectivity index (χ2v) is 5.49. The van der Waals surface area contributed by atoms with Gasteiger partial charge in [-0.3, -0.25) is 9.79 Å². The molecule has 1 aromatic carbocycles. The molecule has 0 bridgehead atoms. The number of nitrogens with zero attached hydrogens (tertiary/aromatic N) is 1. The van der Waals surface area contributed by atoms with E-state index in [4.69, 9.17) is 4.74 Å². The molecule has 0 spiro atoms. The third kappa shape index (κ3) is 5.47. The molecule has 0 saturated carbocycles. The molecule has 2 rings (SSSR count). The van der Waals surface area contributed by atoms with Crippen molar-refractivity contribution in [1.82, 2.24) is 10.6 Å². The van der Waals surface area contributed by atoms with Gasteiger partial charge in [0.2, 0.25) is 5.91 Å². The van der Waals surface area contributed by atoms with Crippen molar-refractivity contribution in [2.45, 2.75) is 32.6 Å².